The molecule has 21 heavy (non-hydrogen) atoms. The topological polar surface area (TPSA) is 71.2 Å². The summed E-state index contributed by atoms with van der Waals surface area (Å²) < 4.78 is 0. The Balaban J connectivity index is 0.00000110. The predicted octanol–water partition coefficient (Wildman–Crippen LogP) is 1.86. The first-order valence-corrected chi connectivity index (χ1v) is 6.98. The minimum absolute atomic E-state index is 0. The fourth-order valence-electron chi connectivity index (χ4n) is 3.21. The van der Waals surface area contributed by atoms with E-state index in [9.17, 15) is 4.79 Å². The first-order valence-electron chi connectivity index (χ1n) is 6.98. The van der Waals surface area contributed by atoms with Crippen LogP contribution in [-0.2, 0) is 0 Å². The van der Waals surface area contributed by atoms with Crippen LogP contribution in [-0.4, -0.2) is 41.0 Å². The Morgan fingerprint density at radius 3 is 2.90 bits per heavy atom. The number of pyridine rings is 1. The third kappa shape index (κ3) is 3.99. The van der Waals surface area contributed by atoms with Crippen molar-refractivity contribution in [3.8, 4) is 0 Å². The fourth-order valence-corrected chi connectivity index (χ4v) is 3.21. The quantitative estimate of drug-likeness (QED) is 0.867. The minimum Gasteiger partial charge on any atom is -0.398 e. The van der Waals surface area contributed by atoms with Gasteiger partial charge in [0.25, 0.3) is 5.91 Å². The highest BCUT2D eigenvalue weighted by Gasteiger charge is 2.32. The van der Waals surface area contributed by atoms with Crippen LogP contribution in [0.3, 0.4) is 0 Å². The lowest BCUT2D eigenvalue weighted by atomic mass is 9.97. The number of amides is 1. The molecule has 0 saturated carbocycles. The van der Waals surface area contributed by atoms with Gasteiger partial charge in [-0.3, -0.25) is 9.78 Å². The minimum atomic E-state index is -0.0953. The van der Waals surface area contributed by atoms with Crippen molar-refractivity contribution in [3.63, 3.8) is 0 Å². The van der Waals surface area contributed by atoms with Crippen molar-refractivity contribution in [3.05, 3.63) is 24.0 Å². The van der Waals surface area contributed by atoms with Crippen LogP contribution in [0.1, 0.15) is 36.0 Å². The van der Waals surface area contributed by atoms with E-state index in [1.807, 2.05) is 0 Å². The van der Waals surface area contributed by atoms with Gasteiger partial charge in [-0.05, 0) is 38.3 Å². The van der Waals surface area contributed by atoms with E-state index in [0.29, 0.717) is 17.3 Å². The van der Waals surface area contributed by atoms with E-state index in [1.165, 1.54) is 25.6 Å². The highest BCUT2D eigenvalue weighted by Crippen LogP contribution is 2.27. The molecule has 2 aliphatic rings. The number of aromatic nitrogens is 1. The summed E-state index contributed by atoms with van der Waals surface area (Å²) in [4.78, 5) is 18.7. The van der Waals surface area contributed by atoms with E-state index >= 15 is 0 Å². The van der Waals surface area contributed by atoms with Crippen LogP contribution in [0.25, 0.3) is 0 Å². The number of hydrogen-bond donors (Lipinski definition) is 2. The zero-order chi connectivity index (χ0) is 13.2. The van der Waals surface area contributed by atoms with Gasteiger partial charge in [0.05, 0.1) is 5.56 Å². The standard InChI is InChI=1S/C14H20N4O.2ClH/c15-13-3-5-16-9-12(13)14(19)17-10-4-7-18-6-1-2-11(18)8-10;;/h3,5,9-11H,1-2,4,6-8H2,(H2,15,16)(H,17,19);2*1H. The van der Waals surface area contributed by atoms with Crippen molar-refractivity contribution in [2.24, 2.45) is 0 Å². The SMILES string of the molecule is Cl.Cl.Nc1ccncc1C(=O)NC1CCN2CCCC2C1. The number of nitrogens with two attached hydrogens (primary N) is 1. The van der Waals surface area contributed by atoms with Gasteiger partial charge in [0.15, 0.2) is 0 Å². The van der Waals surface area contributed by atoms with Crippen LogP contribution < -0.4 is 11.1 Å². The maximum Gasteiger partial charge on any atom is 0.255 e. The van der Waals surface area contributed by atoms with Gasteiger partial charge < -0.3 is 16.0 Å². The number of nitrogens with zero attached hydrogens (tertiary/aromatic N) is 2. The Morgan fingerprint density at radius 2 is 2.14 bits per heavy atom. The van der Waals surface area contributed by atoms with Crippen LogP contribution in [0.4, 0.5) is 5.69 Å². The van der Waals surface area contributed by atoms with Gasteiger partial charge in [-0.15, -0.1) is 24.8 Å². The lowest BCUT2D eigenvalue weighted by molar-refractivity contribution is 0.0897. The molecular weight excluding hydrogens is 311 g/mol. The summed E-state index contributed by atoms with van der Waals surface area (Å²) in [5.74, 6) is -0.0953. The van der Waals surface area contributed by atoms with Gasteiger partial charge in [0, 0.05) is 36.7 Å². The number of nitrogen functional groups attached to an aromatic ring is 1. The number of anilines is 1. The normalized spacial score (nSPS) is 24.4. The first-order chi connectivity index (χ1) is 9.24. The fraction of sp³-hybridized carbons (Fsp3) is 0.571. The molecule has 0 aliphatic carbocycles. The summed E-state index contributed by atoms with van der Waals surface area (Å²) in [7, 11) is 0. The van der Waals surface area contributed by atoms with Crippen molar-refractivity contribution in [2.45, 2.75) is 37.8 Å². The molecule has 1 amide bonds. The number of halogens is 2. The summed E-state index contributed by atoms with van der Waals surface area (Å²) >= 11 is 0. The summed E-state index contributed by atoms with van der Waals surface area (Å²) in [6.07, 6.45) is 7.79. The number of carbonyl (C=O) groups is 1. The van der Waals surface area contributed by atoms with Crippen molar-refractivity contribution in [2.75, 3.05) is 18.8 Å². The van der Waals surface area contributed by atoms with E-state index in [-0.39, 0.29) is 36.8 Å². The second-order valence-electron chi connectivity index (χ2n) is 5.49. The molecule has 0 aromatic carbocycles. The number of hydrogen-bond acceptors (Lipinski definition) is 4. The monoisotopic (exact) mass is 332 g/mol. The Kier molecular flexibility index (Phi) is 6.71. The predicted molar refractivity (Wildman–Crippen MR) is 88.2 cm³/mol. The molecule has 118 valence electrons. The van der Waals surface area contributed by atoms with Crippen molar-refractivity contribution >= 4 is 36.4 Å². The Morgan fingerprint density at radius 1 is 1.33 bits per heavy atom. The van der Waals surface area contributed by atoms with E-state index in [0.717, 1.165) is 19.4 Å². The second-order valence-corrected chi connectivity index (χ2v) is 5.49. The molecule has 0 spiro atoms. The molecule has 0 bridgehead atoms. The molecule has 7 heteroatoms. The Hall–Kier alpha value is -1.04. The smallest absolute Gasteiger partial charge is 0.255 e. The lowest BCUT2D eigenvalue weighted by Gasteiger charge is -2.35. The van der Waals surface area contributed by atoms with Crippen LogP contribution in [0.15, 0.2) is 18.5 Å². The van der Waals surface area contributed by atoms with Gasteiger partial charge in [-0.2, -0.15) is 0 Å². The van der Waals surface area contributed by atoms with Gasteiger partial charge in [0.1, 0.15) is 0 Å². The zero-order valence-electron chi connectivity index (χ0n) is 11.8. The molecule has 3 heterocycles. The van der Waals surface area contributed by atoms with E-state index in [2.05, 4.69) is 15.2 Å². The molecule has 2 aliphatic heterocycles. The molecule has 3 N–H and O–H groups in total. The van der Waals surface area contributed by atoms with Crippen LogP contribution in [0, 0.1) is 0 Å². The molecule has 0 radical (unpaired) electrons. The third-order valence-electron chi connectivity index (χ3n) is 4.26. The number of fused-ring (bicyclic) bond motifs is 1. The maximum absolute atomic E-state index is 12.2. The second kappa shape index (κ2) is 7.82. The number of piperidine rings is 1. The molecule has 1 aromatic heterocycles. The van der Waals surface area contributed by atoms with Crippen molar-refractivity contribution < 1.29 is 4.79 Å². The molecule has 3 rings (SSSR count). The van der Waals surface area contributed by atoms with Gasteiger partial charge >= 0.3 is 0 Å². The third-order valence-corrected chi connectivity index (χ3v) is 4.26. The molecule has 1 aromatic rings. The lowest BCUT2D eigenvalue weighted by Crippen LogP contribution is -2.47. The molecule has 2 fully saturated rings. The maximum atomic E-state index is 12.2. The largest absolute Gasteiger partial charge is 0.398 e. The van der Waals surface area contributed by atoms with Gasteiger partial charge in [-0.25, -0.2) is 0 Å². The zero-order valence-corrected chi connectivity index (χ0v) is 13.5. The molecule has 2 saturated heterocycles. The molecule has 5 nitrogen and oxygen atoms in total. The van der Waals surface area contributed by atoms with Gasteiger partial charge in [0.2, 0.25) is 0 Å². The number of rotatable bonds is 2. The summed E-state index contributed by atoms with van der Waals surface area (Å²) in [6, 6.07) is 2.59. The van der Waals surface area contributed by atoms with Crippen molar-refractivity contribution in [1.29, 1.82) is 0 Å². The van der Waals surface area contributed by atoms with E-state index in [4.69, 9.17) is 5.73 Å². The summed E-state index contributed by atoms with van der Waals surface area (Å²) in [5.41, 5.74) is 6.78. The molecular formula is C14H22Cl2N4O. The van der Waals surface area contributed by atoms with Crippen LogP contribution >= 0.6 is 24.8 Å². The molecule has 2 unspecified atom stereocenters. The molecule has 2 atom stereocenters. The number of carbonyl (C=O) groups excluding carboxylic acids is 1. The highest BCUT2D eigenvalue weighted by molar-refractivity contribution is 5.98. The Labute approximate surface area is 137 Å². The number of nitrogens with one attached hydrogen (secondary N) is 1. The Bertz CT molecular complexity index is 486. The first kappa shape index (κ1) is 18.0. The van der Waals surface area contributed by atoms with Crippen molar-refractivity contribution in [1.82, 2.24) is 15.2 Å². The van der Waals surface area contributed by atoms with Crippen LogP contribution in [0.5, 0.6) is 0 Å². The highest BCUT2D eigenvalue weighted by atomic mass is 35.5. The average molecular weight is 333 g/mol. The van der Waals surface area contributed by atoms with Gasteiger partial charge in [-0.1, -0.05) is 0 Å². The summed E-state index contributed by atoms with van der Waals surface area (Å²) in [5, 5.41) is 3.10. The van der Waals surface area contributed by atoms with E-state index < -0.39 is 0 Å². The summed E-state index contributed by atoms with van der Waals surface area (Å²) in [6.45, 7) is 2.32. The van der Waals surface area contributed by atoms with E-state index in [1.54, 1.807) is 12.3 Å². The average Bonchev–Trinajstić information content (AvgIpc) is 2.86. The van der Waals surface area contributed by atoms with Crippen LogP contribution in [0.2, 0.25) is 0 Å².